The summed E-state index contributed by atoms with van der Waals surface area (Å²) in [4.78, 5) is 13.4. The molecule has 1 unspecified atom stereocenters. The van der Waals surface area contributed by atoms with Crippen molar-refractivity contribution in [2.45, 2.75) is 47.1 Å². The Labute approximate surface area is 210 Å². The summed E-state index contributed by atoms with van der Waals surface area (Å²) < 4.78 is 1.71. The van der Waals surface area contributed by atoms with Gasteiger partial charge in [-0.2, -0.15) is 0 Å². The lowest BCUT2D eigenvalue weighted by molar-refractivity contribution is 0.442. The van der Waals surface area contributed by atoms with Gasteiger partial charge in [0.05, 0.1) is 22.8 Å². The fraction of sp³-hybridized carbons (Fsp3) is 0.346. The van der Waals surface area contributed by atoms with E-state index in [4.69, 9.17) is 11.6 Å². The minimum absolute atomic E-state index is 0.0914. The van der Waals surface area contributed by atoms with Crippen molar-refractivity contribution in [2.75, 3.05) is 17.2 Å². The summed E-state index contributed by atoms with van der Waals surface area (Å²) in [5.74, 6) is 0.745. The number of pyridine rings is 1. The van der Waals surface area contributed by atoms with Crippen LogP contribution in [0.15, 0.2) is 49.6 Å². The molecule has 3 heterocycles. The number of nitrogens with one attached hydrogen (secondary N) is 2. The van der Waals surface area contributed by atoms with Crippen LogP contribution in [0.1, 0.15) is 57.1 Å². The summed E-state index contributed by atoms with van der Waals surface area (Å²) in [6.45, 7) is 15.4. The molecule has 3 aromatic heterocycles. The van der Waals surface area contributed by atoms with Gasteiger partial charge in [0.25, 0.3) is 0 Å². The number of anilines is 2. The molecule has 182 valence electrons. The summed E-state index contributed by atoms with van der Waals surface area (Å²) in [6, 6.07) is 7.54. The number of aryl methyl sites for hydroxylation is 1. The molecule has 1 aromatic carbocycles. The van der Waals surface area contributed by atoms with Gasteiger partial charge in [-0.3, -0.25) is 4.98 Å². The van der Waals surface area contributed by atoms with E-state index in [-0.39, 0.29) is 11.5 Å². The van der Waals surface area contributed by atoms with Crippen LogP contribution in [0, 0.1) is 12.3 Å². The normalized spacial score (nSPS) is 12.5. The maximum atomic E-state index is 6.68. The molecule has 0 fully saturated rings. The van der Waals surface area contributed by atoms with Gasteiger partial charge in [0.2, 0.25) is 0 Å². The molecule has 2 N–H and O–H groups in total. The Balaban J connectivity index is 1.77. The second-order valence-electron chi connectivity index (χ2n) is 9.75. The Morgan fingerprint density at radius 3 is 2.71 bits per heavy atom. The highest BCUT2D eigenvalue weighted by Gasteiger charge is 2.22. The molecule has 0 spiro atoms. The highest BCUT2D eigenvalue weighted by molar-refractivity contribution is 6.35. The van der Waals surface area contributed by atoms with E-state index in [9.17, 15) is 0 Å². The van der Waals surface area contributed by atoms with Crippen molar-refractivity contribution >= 4 is 39.7 Å². The Morgan fingerprint density at radius 1 is 1.20 bits per heavy atom. The second kappa shape index (κ2) is 10.00. The van der Waals surface area contributed by atoms with E-state index in [0.717, 1.165) is 52.5 Å². The largest absolute Gasteiger partial charge is 0.373 e. The fourth-order valence-electron chi connectivity index (χ4n) is 3.70. The standard InChI is InChI=1S/C26H31ClN8/c1-7-16(2)35-13-22(33-34-35)24(19-9-8-10-28-17(19)3)32-18-11-20-23(21(27)12-18)30-15-31-25(20)29-14-26(4,5)6/h8-13,15,24,32H,2,7,14H2,1,3-6H3,(H,29,30,31). The summed E-state index contributed by atoms with van der Waals surface area (Å²) in [5.41, 5.74) is 5.11. The maximum absolute atomic E-state index is 6.68. The van der Waals surface area contributed by atoms with Crippen LogP contribution in [-0.2, 0) is 0 Å². The monoisotopic (exact) mass is 490 g/mol. The quantitative estimate of drug-likeness (QED) is 0.307. The van der Waals surface area contributed by atoms with Crippen molar-refractivity contribution in [3.63, 3.8) is 0 Å². The maximum Gasteiger partial charge on any atom is 0.137 e. The number of allylic oxidation sites excluding steroid dienone is 1. The minimum Gasteiger partial charge on any atom is -0.373 e. The fourth-order valence-corrected chi connectivity index (χ4v) is 3.97. The molecule has 0 aliphatic heterocycles. The van der Waals surface area contributed by atoms with Crippen molar-refractivity contribution in [3.05, 3.63) is 71.5 Å². The number of nitrogens with zero attached hydrogens (tertiary/aromatic N) is 6. The van der Waals surface area contributed by atoms with Crippen molar-refractivity contribution in [1.29, 1.82) is 0 Å². The molecule has 4 rings (SSSR count). The topological polar surface area (TPSA) is 93.4 Å². The van der Waals surface area contributed by atoms with Gasteiger partial charge >= 0.3 is 0 Å². The minimum atomic E-state index is -0.300. The van der Waals surface area contributed by atoms with Gasteiger partial charge in [-0.15, -0.1) is 5.10 Å². The first kappa shape index (κ1) is 24.6. The van der Waals surface area contributed by atoms with Crippen LogP contribution in [-0.4, -0.2) is 36.5 Å². The lowest BCUT2D eigenvalue weighted by atomic mass is 9.97. The third-order valence-electron chi connectivity index (χ3n) is 5.69. The number of hydrogen-bond acceptors (Lipinski definition) is 7. The van der Waals surface area contributed by atoms with Gasteiger partial charge in [0.1, 0.15) is 17.8 Å². The van der Waals surface area contributed by atoms with E-state index < -0.39 is 0 Å². The van der Waals surface area contributed by atoms with Crippen molar-refractivity contribution in [2.24, 2.45) is 5.41 Å². The number of hydrogen-bond donors (Lipinski definition) is 2. The molecule has 0 aliphatic rings. The molecule has 8 nitrogen and oxygen atoms in total. The number of fused-ring (bicyclic) bond motifs is 1. The summed E-state index contributed by atoms with van der Waals surface area (Å²) in [7, 11) is 0. The summed E-state index contributed by atoms with van der Waals surface area (Å²) in [5, 5.41) is 17.2. The van der Waals surface area contributed by atoms with Crippen LogP contribution in [0.5, 0.6) is 0 Å². The van der Waals surface area contributed by atoms with Gasteiger partial charge in [0.15, 0.2) is 0 Å². The van der Waals surface area contributed by atoms with E-state index in [1.54, 1.807) is 10.9 Å². The van der Waals surface area contributed by atoms with Gasteiger partial charge < -0.3 is 10.6 Å². The Hall–Kier alpha value is -3.52. The lowest BCUT2D eigenvalue weighted by Crippen LogP contribution is -2.19. The molecular formula is C26H31ClN8. The molecular weight excluding hydrogens is 460 g/mol. The van der Waals surface area contributed by atoms with Crippen LogP contribution < -0.4 is 10.6 Å². The zero-order valence-corrected chi connectivity index (χ0v) is 21.6. The van der Waals surface area contributed by atoms with Gasteiger partial charge in [-0.1, -0.05) is 57.2 Å². The Bertz CT molecular complexity index is 1360. The molecule has 0 saturated heterocycles. The predicted molar refractivity (Wildman–Crippen MR) is 143 cm³/mol. The van der Waals surface area contributed by atoms with E-state index in [2.05, 4.69) is 63.2 Å². The molecule has 9 heteroatoms. The van der Waals surface area contributed by atoms with Crippen molar-refractivity contribution < 1.29 is 0 Å². The molecule has 4 aromatic rings. The number of aromatic nitrogens is 6. The van der Waals surface area contributed by atoms with E-state index in [1.807, 2.05) is 44.3 Å². The zero-order chi connectivity index (χ0) is 25.2. The van der Waals surface area contributed by atoms with Crippen molar-refractivity contribution in [1.82, 2.24) is 29.9 Å². The van der Waals surface area contributed by atoms with Crippen LogP contribution in [0.3, 0.4) is 0 Å². The number of rotatable bonds is 8. The molecule has 0 bridgehead atoms. The van der Waals surface area contributed by atoms with Crippen LogP contribution in [0.4, 0.5) is 11.5 Å². The Morgan fingerprint density at radius 2 is 2.00 bits per heavy atom. The van der Waals surface area contributed by atoms with E-state index in [0.29, 0.717) is 10.5 Å². The van der Waals surface area contributed by atoms with E-state index in [1.165, 1.54) is 6.33 Å². The van der Waals surface area contributed by atoms with E-state index >= 15 is 0 Å². The molecule has 0 amide bonds. The first-order valence-electron chi connectivity index (χ1n) is 11.6. The highest BCUT2D eigenvalue weighted by Crippen LogP contribution is 2.34. The summed E-state index contributed by atoms with van der Waals surface area (Å²) in [6.07, 6.45) is 5.99. The summed E-state index contributed by atoms with van der Waals surface area (Å²) >= 11 is 6.68. The van der Waals surface area contributed by atoms with Gasteiger partial charge in [-0.25, -0.2) is 14.6 Å². The molecule has 0 radical (unpaired) electrons. The van der Waals surface area contributed by atoms with Gasteiger partial charge in [-0.05, 0) is 37.0 Å². The highest BCUT2D eigenvalue weighted by atomic mass is 35.5. The third kappa shape index (κ3) is 5.59. The van der Waals surface area contributed by atoms with Crippen LogP contribution in [0.2, 0.25) is 5.02 Å². The molecule has 0 aliphatic carbocycles. The van der Waals surface area contributed by atoms with Crippen LogP contribution in [0.25, 0.3) is 16.6 Å². The predicted octanol–water partition coefficient (Wildman–Crippen LogP) is 6.12. The molecule has 1 atom stereocenters. The zero-order valence-electron chi connectivity index (χ0n) is 20.8. The first-order valence-corrected chi connectivity index (χ1v) is 12.0. The number of benzene rings is 1. The Kier molecular flexibility index (Phi) is 7.03. The average Bonchev–Trinajstić information content (AvgIpc) is 3.31. The molecule has 35 heavy (non-hydrogen) atoms. The van der Waals surface area contributed by atoms with Crippen molar-refractivity contribution in [3.8, 4) is 0 Å². The van der Waals surface area contributed by atoms with Gasteiger partial charge in [0, 0.05) is 40.8 Å². The van der Waals surface area contributed by atoms with Crippen LogP contribution >= 0.6 is 11.6 Å². The average molecular weight is 491 g/mol. The lowest BCUT2D eigenvalue weighted by Gasteiger charge is -2.21. The third-order valence-corrected chi connectivity index (χ3v) is 5.98. The second-order valence-corrected chi connectivity index (χ2v) is 10.2. The molecule has 0 saturated carbocycles. The SMILES string of the molecule is C=C(CC)n1cc(C(Nc2cc(Cl)c3ncnc(NCC(C)(C)C)c3c2)c2cccnc2C)nn1. The number of halogens is 1. The first-order chi connectivity index (χ1) is 16.7. The smallest absolute Gasteiger partial charge is 0.137 e.